The zero-order valence-corrected chi connectivity index (χ0v) is 20.6. The number of carbonyl (C=O) groups is 1. The Hall–Kier alpha value is -2.65. The van der Waals surface area contributed by atoms with Gasteiger partial charge in [0.2, 0.25) is 5.91 Å². The molecular weight excluding hydrogens is 490 g/mol. The number of aromatic nitrogens is 2. The van der Waals surface area contributed by atoms with Gasteiger partial charge in [-0.1, -0.05) is 53.7 Å². The van der Waals surface area contributed by atoms with Crippen LogP contribution in [0.25, 0.3) is 27.0 Å². The average Bonchev–Trinajstić information content (AvgIpc) is 3.53. The minimum Gasteiger partial charge on any atom is -0.376 e. The number of benzene rings is 2. The van der Waals surface area contributed by atoms with Crippen LogP contribution in [0.1, 0.15) is 12.8 Å². The second-order valence-electron chi connectivity index (χ2n) is 7.93. The van der Waals surface area contributed by atoms with Crippen LogP contribution < -0.4 is 10.9 Å². The van der Waals surface area contributed by atoms with Crippen molar-refractivity contribution in [3.05, 3.63) is 75.4 Å². The van der Waals surface area contributed by atoms with Crippen LogP contribution in [0.15, 0.2) is 69.9 Å². The predicted molar refractivity (Wildman–Crippen MR) is 138 cm³/mol. The lowest BCUT2D eigenvalue weighted by Crippen LogP contribution is -2.33. The number of nitrogens with zero attached hydrogens (tertiary/aromatic N) is 2. The van der Waals surface area contributed by atoms with Gasteiger partial charge in [-0.05, 0) is 42.7 Å². The number of nitrogens with one attached hydrogen (secondary N) is 1. The first kappa shape index (κ1) is 23.1. The molecule has 1 saturated heterocycles. The molecule has 1 atom stereocenters. The van der Waals surface area contributed by atoms with Crippen LogP contribution in [-0.2, 0) is 9.53 Å². The van der Waals surface area contributed by atoms with Crippen molar-refractivity contribution in [1.29, 1.82) is 0 Å². The molecule has 1 aliphatic heterocycles. The van der Waals surface area contributed by atoms with Gasteiger partial charge in [-0.15, -0.1) is 11.3 Å². The summed E-state index contributed by atoms with van der Waals surface area (Å²) >= 11 is 8.73. The van der Waals surface area contributed by atoms with E-state index in [0.29, 0.717) is 32.6 Å². The number of para-hydroxylation sites is 1. The van der Waals surface area contributed by atoms with Crippen molar-refractivity contribution in [2.24, 2.45) is 0 Å². The Morgan fingerprint density at radius 1 is 1.21 bits per heavy atom. The Morgan fingerprint density at radius 3 is 2.74 bits per heavy atom. The van der Waals surface area contributed by atoms with Gasteiger partial charge in [0.1, 0.15) is 4.83 Å². The molecule has 174 valence electrons. The van der Waals surface area contributed by atoms with E-state index in [1.807, 2.05) is 60.0 Å². The molecule has 2 aromatic carbocycles. The summed E-state index contributed by atoms with van der Waals surface area (Å²) in [4.78, 5) is 31.7. The molecule has 2 aromatic heterocycles. The molecule has 1 unspecified atom stereocenters. The highest BCUT2D eigenvalue weighted by molar-refractivity contribution is 7.99. The summed E-state index contributed by atoms with van der Waals surface area (Å²) in [5, 5.41) is 6.56. The number of rotatable bonds is 7. The Labute approximate surface area is 209 Å². The largest absolute Gasteiger partial charge is 0.376 e. The number of hydrogen-bond acceptors (Lipinski definition) is 6. The quantitative estimate of drug-likeness (QED) is 0.274. The highest BCUT2D eigenvalue weighted by Crippen LogP contribution is 2.33. The van der Waals surface area contributed by atoms with E-state index in [2.05, 4.69) is 5.32 Å². The molecule has 4 aromatic rings. The van der Waals surface area contributed by atoms with Crippen molar-refractivity contribution < 1.29 is 9.53 Å². The van der Waals surface area contributed by atoms with Crippen molar-refractivity contribution in [2.45, 2.75) is 24.1 Å². The first-order valence-electron chi connectivity index (χ1n) is 11.0. The lowest BCUT2D eigenvalue weighted by atomic mass is 10.1. The van der Waals surface area contributed by atoms with Crippen LogP contribution in [0.4, 0.5) is 0 Å². The molecule has 0 spiro atoms. The topological polar surface area (TPSA) is 73.2 Å². The summed E-state index contributed by atoms with van der Waals surface area (Å²) in [7, 11) is 0. The molecule has 1 aliphatic rings. The van der Waals surface area contributed by atoms with Crippen LogP contribution >= 0.6 is 34.7 Å². The van der Waals surface area contributed by atoms with Gasteiger partial charge >= 0.3 is 0 Å². The van der Waals surface area contributed by atoms with Crippen molar-refractivity contribution in [1.82, 2.24) is 14.9 Å². The maximum Gasteiger partial charge on any atom is 0.268 e. The molecule has 6 nitrogen and oxygen atoms in total. The maximum atomic E-state index is 13.8. The van der Waals surface area contributed by atoms with Crippen molar-refractivity contribution in [3.63, 3.8) is 0 Å². The van der Waals surface area contributed by atoms with Gasteiger partial charge in [-0.3, -0.25) is 14.2 Å². The van der Waals surface area contributed by atoms with Crippen molar-refractivity contribution in [2.75, 3.05) is 18.9 Å². The molecule has 1 amide bonds. The number of amides is 1. The van der Waals surface area contributed by atoms with Crippen molar-refractivity contribution >= 4 is 50.8 Å². The smallest absolute Gasteiger partial charge is 0.268 e. The van der Waals surface area contributed by atoms with E-state index >= 15 is 0 Å². The zero-order valence-electron chi connectivity index (χ0n) is 18.2. The lowest BCUT2D eigenvalue weighted by Gasteiger charge is -2.13. The highest BCUT2D eigenvalue weighted by Gasteiger charge is 2.20. The standard InChI is InChI=1S/C25H22ClN3O3S2/c26-17-10-8-16(9-11-17)20-14-33-23-22(20)24(31)29(18-5-2-1-3-6-18)25(28-23)34-15-21(30)27-13-19-7-4-12-32-19/h1-3,5-6,8-11,14,19H,4,7,12-13,15H2,(H,27,30). The number of thiophene rings is 1. The molecule has 0 bridgehead atoms. The summed E-state index contributed by atoms with van der Waals surface area (Å²) in [6, 6.07) is 16.8. The minimum absolute atomic E-state index is 0.0864. The third-order valence-corrected chi connectivity index (χ3v) is 7.69. The molecule has 0 radical (unpaired) electrons. The fourth-order valence-corrected chi connectivity index (χ4v) is 5.89. The van der Waals surface area contributed by atoms with Gasteiger partial charge in [0.05, 0.1) is 22.9 Å². The van der Waals surface area contributed by atoms with Crippen LogP contribution in [0, 0.1) is 0 Å². The normalized spacial score (nSPS) is 15.6. The molecule has 3 heterocycles. The second-order valence-corrected chi connectivity index (χ2v) is 10.2. The molecule has 1 fully saturated rings. The van der Waals surface area contributed by atoms with Crippen LogP contribution in [0.3, 0.4) is 0 Å². The molecule has 0 aliphatic carbocycles. The van der Waals surface area contributed by atoms with E-state index in [4.69, 9.17) is 21.3 Å². The average molecular weight is 512 g/mol. The maximum absolute atomic E-state index is 13.8. The summed E-state index contributed by atoms with van der Waals surface area (Å²) in [5.74, 6) is 0.0508. The summed E-state index contributed by atoms with van der Waals surface area (Å²) in [6.07, 6.45) is 2.08. The molecule has 9 heteroatoms. The van der Waals surface area contributed by atoms with E-state index in [-0.39, 0.29) is 23.3 Å². The lowest BCUT2D eigenvalue weighted by molar-refractivity contribution is -0.119. The van der Waals surface area contributed by atoms with Gasteiger partial charge in [0.15, 0.2) is 5.16 Å². The molecular formula is C25H22ClN3O3S2. The van der Waals surface area contributed by atoms with Gasteiger partial charge < -0.3 is 10.1 Å². The van der Waals surface area contributed by atoms with Crippen LogP contribution in [0.2, 0.25) is 5.02 Å². The van der Waals surface area contributed by atoms with E-state index in [1.54, 1.807) is 4.57 Å². The monoisotopic (exact) mass is 511 g/mol. The zero-order chi connectivity index (χ0) is 23.5. The first-order chi connectivity index (χ1) is 16.6. The SMILES string of the molecule is O=C(CSc1nc2scc(-c3ccc(Cl)cc3)c2c(=O)n1-c1ccccc1)NCC1CCCO1. The predicted octanol–water partition coefficient (Wildman–Crippen LogP) is 5.15. The first-order valence-corrected chi connectivity index (χ1v) is 13.2. The van der Waals surface area contributed by atoms with Gasteiger partial charge in [-0.25, -0.2) is 4.98 Å². The van der Waals surface area contributed by atoms with Crippen LogP contribution in [-0.4, -0.2) is 40.5 Å². The van der Waals surface area contributed by atoms with Gasteiger partial charge in [0.25, 0.3) is 5.56 Å². The molecule has 0 saturated carbocycles. The minimum atomic E-state index is -0.162. The number of carbonyl (C=O) groups excluding carboxylic acids is 1. The highest BCUT2D eigenvalue weighted by atomic mass is 35.5. The second kappa shape index (κ2) is 10.3. The Kier molecular flexibility index (Phi) is 7.01. The van der Waals surface area contributed by atoms with E-state index < -0.39 is 0 Å². The van der Waals surface area contributed by atoms with Gasteiger partial charge in [0, 0.05) is 29.1 Å². The molecule has 34 heavy (non-hydrogen) atoms. The Balaban J connectivity index is 1.49. The number of halogens is 1. The van der Waals surface area contributed by atoms with E-state index in [9.17, 15) is 9.59 Å². The fraction of sp³-hybridized carbons (Fsp3) is 0.240. The molecule has 5 rings (SSSR count). The van der Waals surface area contributed by atoms with E-state index in [0.717, 1.165) is 30.6 Å². The third-order valence-electron chi connectivity index (χ3n) is 5.63. The summed E-state index contributed by atoms with van der Waals surface area (Å²) in [5.41, 5.74) is 2.27. The third kappa shape index (κ3) is 4.90. The van der Waals surface area contributed by atoms with Crippen LogP contribution in [0.5, 0.6) is 0 Å². The number of ether oxygens (including phenoxy) is 1. The Bertz CT molecular complexity index is 1360. The van der Waals surface area contributed by atoms with Crippen molar-refractivity contribution in [3.8, 4) is 16.8 Å². The molecule has 1 N–H and O–H groups in total. The summed E-state index contributed by atoms with van der Waals surface area (Å²) < 4.78 is 7.16. The number of thioether (sulfide) groups is 1. The Morgan fingerprint density at radius 2 is 2.00 bits per heavy atom. The fourth-order valence-electron chi connectivity index (χ4n) is 3.93. The van der Waals surface area contributed by atoms with E-state index in [1.165, 1.54) is 23.1 Å². The number of hydrogen-bond donors (Lipinski definition) is 1. The van der Waals surface area contributed by atoms with Gasteiger partial charge in [-0.2, -0.15) is 0 Å². The number of fused-ring (bicyclic) bond motifs is 1. The summed E-state index contributed by atoms with van der Waals surface area (Å²) in [6.45, 7) is 1.26.